The van der Waals surface area contributed by atoms with E-state index in [1.807, 2.05) is 11.9 Å². The van der Waals surface area contributed by atoms with E-state index in [9.17, 15) is 13.2 Å². The van der Waals surface area contributed by atoms with Gasteiger partial charge in [-0.05, 0) is 43.3 Å². The number of para-hydroxylation sites is 1. The van der Waals surface area contributed by atoms with E-state index in [4.69, 9.17) is 4.74 Å². The molecule has 0 radical (unpaired) electrons. The minimum Gasteiger partial charge on any atom is -0.494 e. The Bertz CT molecular complexity index is 939. The Morgan fingerprint density at radius 3 is 2.41 bits per heavy atom. The summed E-state index contributed by atoms with van der Waals surface area (Å²) in [4.78, 5) is 14.3. The predicted molar refractivity (Wildman–Crippen MR) is 111 cm³/mol. The second-order valence-electron chi connectivity index (χ2n) is 6.94. The molecule has 8 nitrogen and oxygen atoms in total. The predicted octanol–water partition coefficient (Wildman–Crippen LogP) is 0.361. The number of anilines is 1. The van der Waals surface area contributed by atoms with Crippen LogP contribution in [0.25, 0.3) is 0 Å². The second-order valence-corrected chi connectivity index (χ2v) is 8.62. The van der Waals surface area contributed by atoms with E-state index in [2.05, 4.69) is 17.2 Å². The number of hydrogen-bond acceptors (Lipinski definition) is 5. The van der Waals surface area contributed by atoms with Gasteiger partial charge in [0, 0.05) is 0 Å². The van der Waals surface area contributed by atoms with Crippen molar-refractivity contribution in [1.29, 1.82) is 0 Å². The van der Waals surface area contributed by atoms with Gasteiger partial charge in [-0.15, -0.1) is 0 Å². The van der Waals surface area contributed by atoms with Crippen LogP contribution in [0.5, 0.6) is 5.75 Å². The summed E-state index contributed by atoms with van der Waals surface area (Å²) in [6.45, 7) is 5.73. The van der Waals surface area contributed by atoms with Gasteiger partial charge in [-0.3, -0.25) is 14.9 Å². The lowest BCUT2D eigenvalue weighted by Crippen LogP contribution is -3.12. The van der Waals surface area contributed by atoms with Crippen LogP contribution in [0.2, 0.25) is 0 Å². The highest BCUT2D eigenvalue weighted by atomic mass is 32.2. The lowest BCUT2D eigenvalue weighted by atomic mass is 10.2. The van der Waals surface area contributed by atoms with Crippen molar-refractivity contribution >= 4 is 21.6 Å². The lowest BCUT2D eigenvalue weighted by molar-refractivity contribution is -0.884. The number of nitrogens with zero attached hydrogens (tertiary/aromatic N) is 1. The van der Waals surface area contributed by atoms with Crippen LogP contribution in [0.1, 0.15) is 17.3 Å². The molecule has 0 spiro atoms. The summed E-state index contributed by atoms with van der Waals surface area (Å²) in [6, 6.07) is 12.7. The summed E-state index contributed by atoms with van der Waals surface area (Å²) >= 11 is 0. The van der Waals surface area contributed by atoms with E-state index in [0.29, 0.717) is 12.4 Å². The van der Waals surface area contributed by atoms with Crippen LogP contribution >= 0.6 is 0 Å². The number of amides is 1. The number of likely N-dealkylation sites (N-methyl/N-ethyl adjacent to an activating group) is 1. The summed E-state index contributed by atoms with van der Waals surface area (Å²) in [6.07, 6.45) is 0. The number of hydrogen-bond donors (Lipinski definition) is 3. The summed E-state index contributed by atoms with van der Waals surface area (Å²) in [5.74, 6) is 0.259. The van der Waals surface area contributed by atoms with Crippen molar-refractivity contribution in [1.82, 2.24) is 10.4 Å². The molecule has 0 bridgehead atoms. The molecular weight excluding hydrogens is 392 g/mol. The third kappa shape index (κ3) is 5.47. The van der Waals surface area contributed by atoms with Crippen molar-refractivity contribution in [3.63, 3.8) is 0 Å². The summed E-state index contributed by atoms with van der Waals surface area (Å²) in [5, 5.41) is 1.87. The number of carbonyl (C=O) groups is 1. The zero-order chi connectivity index (χ0) is 20.9. The van der Waals surface area contributed by atoms with Crippen LogP contribution in [-0.4, -0.2) is 59.2 Å². The topological polar surface area (TPSA) is 92.2 Å². The van der Waals surface area contributed by atoms with Gasteiger partial charge in [-0.2, -0.15) is 0 Å². The smallest absolute Gasteiger partial charge is 0.267 e. The van der Waals surface area contributed by atoms with Crippen LogP contribution in [-0.2, 0) is 10.0 Å². The zero-order valence-electron chi connectivity index (χ0n) is 16.6. The Morgan fingerprint density at radius 1 is 1.10 bits per heavy atom. The maximum absolute atomic E-state index is 12.8. The van der Waals surface area contributed by atoms with Gasteiger partial charge in [0.25, 0.3) is 15.9 Å². The molecule has 1 heterocycles. The first-order valence-corrected chi connectivity index (χ1v) is 11.1. The first kappa shape index (κ1) is 21.1. The number of quaternary nitrogens is 1. The Labute approximate surface area is 171 Å². The van der Waals surface area contributed by atoms with Crippen LogP contribution in [0, 0.1) is 0 Å². The molecule has 0 saturated carbocycles. The molecule has 2 aromatic rings. The third-order valence-electron chi connectivity index (χ3n) is 4.74. The summed E-state index contributed by atoms with van der Waals surface area (Å²) < 4.78 is 33.4. The largest absolute Gasteiger partial charge is 0.494 e. The third-order valence-corrected chi connectivity index (χ3v) is 6.12. The first-order chi connectivity index (χ1) is 13.9. The number of benzene rings is 2. The zero-order valence-corrected chi connectivity index (χ0v) is 17.5. The minimum atomic E-state index is -3.84. The number of rotatable bonds is 7. The monoisotopic (exact) mass is 419 g/mol. The molecular formula is C20H27N4O4S+. The Hall–Kier alpha value is -2.62. The van der Waals surface area contributed by atoms with Gasteiger partial charge in [0.05, 0.1) is 56.0 Å². The Kier molecular flexibility index (Phi) is 6.73. The maximum Gasteiger partial charge on any atom is 0.267 e. The van der Waals surface area contributed by atoms with Gasteiger partial charge in [0.1, 0.15) is 5.75 Å². The molecule has 2 aromatic carbocycles. The average Bonchev–Trinajstić information content (AvgIpc) is 2.70. The molecule has 1 saturated heterocycles. The van der Waals surface area contributed by atoms with E-state index in [-0.39, 0.29) is 22.1 Å². The van der Waals surface area contributed by atoms with E-state index in [1.165, 1.54) is 17.0 Å². The van der Waals surface area contributed by atoms with E-state index in [0.717, 1.165) is 26.2 Å². The van der Waals surface area contributed by atoms with Crippen LogP contribution in [0.15, 0.2) is 53.4 Å². The lowest BCUT2D eigenvalue weighted by Gasteiger charge is -2.30. The molecule has 1 aliphatic rings. The second kappa shape index (κ2) is 9.25. The fraction of sp³-hybridized carbons (Fsp3) is 0.350. The van der Waals surface area contributed by atoms with Gasteiger partial charge in [-0.1, -0.05) is 12.1 Å². The standard InChI is InChI=1S/C20H26N4O4S/c1-3-28-16-8-10-17(11-9-16)29(26,27)22-19-7-5-4-6-18(19)20(25)21-24-14-12-23(2)13-15-24/h4-11,22H,3,12-15H2,1-2H3,(H,21,25)/p+1. The normalized spacial score (nSPS) is 15.7. The number of piperazine rings is 1. The SMILES string of the molecule is CCOc1ccc(S(=O)(=O)Nc2ccccc2C(=O)NN2CC[NH+](C)CC2)cc1. The molecule has 156 valence electrons. The highest BCUT2D eigenvalue weighted by Crippen LogP contribution is 2.22. The molecule has 1 fully saturated rings. The molecule has 0 aromatic heterocycles. The van der Waals surface area contributed by atoms with Crippen LogP contribution in [0.4, 0.5) is 5.69 Å². The first-order valence-electron chi connectivity index (χ1n) is 9.61. The van der Waals surface area contributed by atoms with E-state index >= 15 is 0 Å². The quantitative estimate of drug-likeness (QED) is 0.603. The Morgan fingerprint density at radius 2 is 1.76 bits per heavy atom. The molecule has 0 aliphatic carbocycles. The molecule has 1 aliphatic heterocycles. The van der Waals surface area contributed by atoms with Crippen molar-refractivity contribution in [3.05, 3.63) is 54.1 Å². The number of hydrazine groups is 1. The van der Waals surface area contributed by atoms with Crippen molar-refractivity contribution in [2.45, 2.75) is 11.8 Å². The van der Waals surface area contributed by atoms with Crippen LogP contribution in [0.3, 0.4) is 0 Å². The van der Waals surface area contributed by atoms with Gasteiger partial charge < -0.3 is 9.64 Å². The molecule has 3 rings (SSSR count). The summed E-state index contributed by atoms with van der Waals surface area (Å²) in [7, 11) is -1.73. The van der Waals surface area contributed by atoms with Gasteiger partial charge in [-0.25, -0.2) is 13.4 Å². The average molecular weight is 420 g/mol. The fourth-order valence-electron chi connectivity index (χ4n) is 3.06. The molecule has 3 N–H and O–H groups in total. The minimum absolute atomic E-state index is 0.0956. The van der Waals surface area contributed by atoms with E-state index in [1.54, 1.807) is 36.4 Å². The van der Waals surface area contributed by atoms with Crippen molar-refractivity contribution in [3.8, 4) is 5.75 Å². The maximum atomic E-state index is 12.8. The number of nitrogens with one attached hydrogen (secondary N) is 3. The molecule has 0 atom stereocenters. The Balaban J connectivity index is 1.74. The fourth-order valence-corrected chi connectivity index (χ4v) is 4.14. The number of ether oxygens (including phenoxy) is 1. The van der Waals surface area contributed by atoms with Gasteiger partial charge >= 0.3 is 0 Å². The van der Waals surface area contributed by atoms with Gasteiger partial charge in [0.15, 0.2) is 0 Å². The highest BCUT2D eigenvalue weighted by Gasteiger charge is 2.22. The van der Waals surface area contributed by atoms with Crippen LogP contribution < -0.4 is 19.8 Å². The van der Waals surface area contributed by atoms with E-state index < -0.39 is 10.0 Å². The highest BCUT2D eigenvalue weighted by molar-refractivity contribution is 7.92. The molecule has 0 unspecified atom stereocenters. The van der Waals surface area contributed by atoms with Crippen molar-refractivity contribution in [2.24, 2.45) is 0 Å². The number of carbonyl (C=O) groups excluding carboxylic acids is 1. The number of sulfonamides is 1. The van der Waals surface area contributed by atoms with Crippen molar-refractivity contribution in [2.75, 3.05) is 44.6 Å². The van der Waals surface area contributed by atoms with Crippen molar-refractivity contribution < 1.29 is 22.8 Å². The van der Waals surface area contributed by atoms with Gasteiger partial charge in [0.2, 0.25) is 0 Å². The molecule has 1 amide bonds. The molecule has 29 heavy (non-hydrogen) atoms. The summed E-state index contributed by atoms with van der Waals surface area (Å²) in [5.41, 5.74) is 3.38. The molecule has 9 heteroatoms.